The number of amides is 1. The van der Waals surface area contributed by atoms with Gasteiger partial charge in [-0.05, 0) is 19.4 Å². The second-order valence-electron chi connectivity index (χ2n) is 5.52. The summed E-state index contributed by atoms with van der Waals surface area (Å²) in [6, 6.07) is 5.70. The second kappa shape index (κ2) is 6.58. The Morgan fingerprint density at radius 1 is 1.14 bits per heavy atom. The lowest BCUT2D eigenvalue weighted by Crippen LogP contribution is -2.43. The molecule has 6 heteroatoms. The lowest BCUT2D eigenvalue weighted by molar-refractivity contribution is -0.132. The molecule has 5 nitrogen and oxygen atoms in total. The molecule has 0 unspecified atom stereocenters. The first kappa shape index (κ1) is 16.0. The van der Waals surface area contributed by atoms with Gasteiger partial charge in [-0.15, -0.1) is 0 Å². The molecule has 0 aliphatic carbocycles. The lowest BCUT2D eigenvalue weighted by Gasteiger charge is -2.26. The SMILES string of the molecule is Cc1cc(C)cc(CS(=O)(=O)CC(=O)N2CCOCC2)c1. The lowest BCUT2D eigenvalue weighted by atomic mass is 10.1. The molecule has 1 aromatic carbocycles. The Bertz CT molecular complexity index is 598. The third kappa shape index (κ3) is 4.82. The molecule has 0 saturated carbocycles. The molecule has 1 fully saturated rings. The predicted octanol–water partition coefficient (Wildman–Crippen LogP) is 1.08. The average Bonchev–Trinajstić information content (AvgIpc) is 2.37. The van der Waals surface area contributed by atoms with Crippen LogP contribution in [0.3, 0.4) is 0 Å². The van der Waals surface area contributed by atoms with E-state index in [1.165, 1.54) is 0 Å². The van der Waals surface area contributed by atoms with Crippen LogP contribution in [0.4, 0.5) is 0 Å². The molecular formula is C15H21NO4S. The summed E-state index contributed by atoms with van der Waals surface area (Å²) in [6.07, 6.45) is 0. The number of hydrogen-bond acceptors (Lipinski definition) is 4. The number of sulfone groups is 1. The Morgan fingerprint density at radius 3 is 2.29 bits per heavy atom. The van der Waals surface area contributed by atoms with Gasteiger partial charge in [-0.1, -0.05) is 29.3 Å². The molecule has 1 amide bonds. The first-order chi connectivity index (χ1) is 9.85. The molecule has 0 aromatic heterocycles. The molecule has 116 valence electrons. The Balaban J connectivity index is 2.02. The molecule has 0 atom stereocenters. The van der Waals surface area contributed by atoms with E-state index in [1.807, 2.05) is 32.0 Å². The summed E-state index contributed by atoms with van der Waals surface area (Å²) in [5.74, 6) is -0.853. The predicted molar refractivity (Wildman–Crippen MR) is 80.8 cm³/mol. The van der Waals surface area contributed by atoms with Crippen LogP contribution in [0.25, 0.3) is 0 Å². The van der Waals surface area contributed by atoms with E-state index in [0.29, 0.717) is 26.3 Å². The highest BCUT2D eigenvalue weighted by Gasteiger charge is 2.23. The molecule has 1 aliphatic rings. The fourth-order valence-electron chi connectivity index (χ4n) is 2.55. The Morgan fingerprint density at radius 2 is 1.71 bits per heavy atom. The van der Waals surface area contributed by atoms with Crippen molar-refractivity contribution in [3.63, 3.8) is 0 Å². The molecule has 0 bridgehead atoms. The van der Waals surface area contributed by atoms with Gasteiger partial charge in [0.25, 0.3) is 0 Å². The van der Waals surface area contributed by atoms with E-state index in [1.54, 1.807) is 4.90 Å². The van der Waals surface area contributed by atoms with Gasteiger partial charge in [-0.2, -0.15) is 0 Å². The number of carbonyl (C=O) groups excluding carboxylic acids is 1. The van der Waals surface area contributed by atoms with E-state index >= 15 is 0 Å². The number of carbonyl (C=O) groups is 1. The van der Waals surface area contributed by atoms with Gasteiger partial charge < -0.3 is 9.64 Å². The summed E-state index contributed by atoms with van der Waals surface area (Å²) in [5.41, 5.74) is 2.79. The van der Waals surface area contributed by atoms with Crippen LogP contribution >= 0.6 is 0 Å². The number of hydrogen-bond donors (Lipinski definition) is 0. The maximum Gasteiger partial charge on any atom is 0.237 e. The Hall–Kier alpha value is -1.40. The van der Waals surface area contributed by atoms with E-state index < -0.39 is 15.6 Å². The minimum atomic E-state index is -3.45. The zero-order chi connectivity index (χ0) is 15.5. The molecule has 0 radical (unpaired) electrons. The Kier molecular flexibility index (Phi) is 5.00. The van der Waals surface area contributed by atoms with Gasteiger partial charge in [-0.3, -0.25) is 4.79 Å². The molecule has 1 saturated heterocycles. The van der Waals surface area contributed by atoms with Gasteiger partial charge in [0, 0.05) is 13.1 Å². The quantitative estimate of drug-likeness (QED) is 0.834. The standard InChI is InChI=1S/C15H21NO4S/c1-12-7-13(2)9-14(8-12)10-21(18,19)11-15(17)16-3-5-20-6-4-16/h7-9H,3-6,10-11H2,1-2H3. The second-order valence-corrected chi connectivity index (χ2v) is 7.59. The van der Waals surface area contributed by atoms with E-state index in [0.717, 1.165) is 16.7 Å². The zero-order valence-corrected chi connectivity index (χ0v) is 13.3. The highest BCUT2D eigenvalue weighted by atomic mass is 32.2. The first-order valence-electron chi connectivity index (χ1n) is 6.99. The van der Waals surface area contributed by atoms with Crippen LogP contribution in [0.2, 0.25) is 0 Å². The van der Waals surface area contributed by atoms with Crippen LogP contribution in [0, 0.1) is 13.8 Å². The number of aryl methyl sites for hydroxylation is 2. The van der Waals surface area contributed by atoms with Crippen molar-refractivity contribution in [3.8, 4) is 0 Å². The Labute approximate surface area is 125 Å². The minimum Gasteiger partial charge on any atom is -0.378 e. The third-order valence-corrected chi connectivity index (χ3v) is 4.84. The van der Waals surface area contributed by atoms with E-state index in [-0.39, 0.29) is 11.7 Å². The van der Waals surface area contributed by atoms with Gasteiger partial charge in [0.1, 0.15) is 5.75 Å². The fourth-order valence-corrected chi connectivity index (χ4v) is 3.88. The highest BCUT2D eigenvalue weighted by Crippen LogP contribution is 2.13. The van der Waals surface area contributed by atoms with E-state index in [9.17, 15) is 13.2 Å². The van der Waals surface area contributed by atoms with Crippen molar-refractivity contribution in [2.75, 3.05) is 32.1 Å². The molecule has 0 N–H and O–H groups in total. The summed E-state index contributed by atoms with van der Waals surface area (Å²) < 4.78 is 29.6. The molecular weight excluding hydrogens is 290 g/mol. The van der Waals surface area contributed by atoms with Crippen molar-refractivity contribution in [2.45, 2.75) is 19.6 Å². The number of rotatable bonds is 4. The molecule has 0 spiro atoms. The summed E-state index contributed by atoms with van der Waals surface area (Å²) in [5, 5.41) is 0. The van der Waals surface area contributed by atoms with Crippen molar-refractivity contribution in [1.29, 1.82) is 0 Å². The normalized spacial score (nSPS) is 16.0. The van der Waals surface area contributed by atoms with Crippen LogP contribution in [0.15, 0.2) is 18.2 Å². The largest absolute Gasteiger partial charge is 0.378 e. The van der Waals surface area contributed by atoms with Gasteiger partial charge in [0.05, 0.1) is 19.0 Å². The highest BCUT2D eigenvalue weighted by molar-refractivity contribution is 7.91. The monoisotopic (exact) mass is 311 g/mol. The van der Waals surface area contributed by atoms with Crippen molar-refractivity contribution in [3.05, 3.63) is 34.9 Å². The summed E-state index contributed by atoms with van der Waals surface area (Å²) in [4.78, 5) is 13.6. The van der Waals surface area contributed by atoms with Crippen molar-refractivity contribution < 1.29 is 17.9 Å². The van der Waals surface area contributed by atoms with Crippen LogP contribution in [-0.2, 0) is 25.1 Å². The number of nitrogens with zero attached hydrogens (tertiary/aromatic N) is 1. The molecule has 1 heterocycles. The van der Waals surface area contributed by atoms with Gasteiger partial charge in [0.2, 0.25) is 5.91 Å². The van der Waals surface area contributed by atoms with Crippen molar-refractivity contribution >= 4 is 15.7 Å². The number of ether oxygens (including phenoxy) is 1. The topological polar surface area (TPSA) is 63.7 Å². The van der Waals surface area contributed by atoms with Crippen molar-refractivity contribution in [1.82, 2.24) is 4.90 Å². The molecule has 1 aliphatic heterocycles. The average molecular weight is 311 g/mol. The minimum absolute atomic E-state index is 0.0917. The van der Waals surface area contributed by atoms with Crippen LogP contribution < -0.4 is 0 Å². The summed E-state index contributed by atoms with van der Waals surface area (Å²) in [6.45, 7) is 5.76. The third-order valence-electron chi connectivity index (χ3n) is 3.38. The maximum absolute atomic E-state index is 12.2. The number of benzene rings is 1. The van der Waals surface area contributed by atoms with Crippen LogP contribution in [0.5, 0.6) is 0 Å². The fraction of sp³-hybridized carbons (Fsp3) is 0.533. The van der Waals surface area contributed by atoms with E-state index in [2.05, 4.69) is 0 Å². The molecule has 21 heavy (non-hydrogen) atoms. The molecule has 1 aromatic rings. The van der Waals surface area contributed by atoms with Crippen LogP contribution in [0.1, 0.15) is 16.7 Å². The van der Waals surface area contributed by atoms with Crippen LogP contribution in [-0.4, -0.2) is 51.3 Å². The summed E-state index contributed by atoms with van der Waals surface area (Å²) >= 11 is 0. The number of morpholine rings is 1. The van der Waals surface area contributed by atoms with Gasteiger partial charge in [-0.25, -0.2) is 8.42 Å². The summed E-state index contributed by atoms with van der Waals surface area (Å²) in [7, 11) is -3.45. The van der Waals surface area contributed by atoms with Gasteiger partial charge >= 0.3 is 0 Å². The molecule has 2 rings (SSSR count). The first-order valence-corrected chi connectivity index (χ1v) is 8.81. The van der Waals surface area contributed by atoms with E-state index in [4.69, 9.17) is 4.74 Å². The maximum atomic E-state index is 12.2. The van der Waals surface area contributed by atoms with Crippen molar-refractivity contribution in [2.24, 2.45) is 0 Å². The smallest absolute Gasteiger partial charge is 0.237 e. The zero-order valence-electron chi connectivity index (χ0n) is 12.5. The van der Waals surface area contributed by atoms with Gasteiger partial charge in [0.15, 0.2) is 9.84 Å².